The highest BCUT2D eigenvalue weighted by atomic mass is 15.2. The Morgan fingerprint density at radius 2 is 2.22 bits per heavy atom. The van der Waals surface area contributed by atoms with E-state index < -0.39 is 0 Å². The molecule has 1 N–H and O–H groups in total. The molecule has 1 aromatic rings. The third-order valence-corrected chi connectivity index (χ3v) is 3.75. The molecule has 0 aromatic carbocycles. The molecule has 1 aromatic heterocycles. The van der Waals surface area contributed by atoms with Crippen LogP contribution in [0.15, 0.2) is 18.6 Å². The maximum Gasteiger partial charge on any atom is 0.115 e. The Morgan fingerprint density at radius 1 is 1.44 bits per heavy atom. The highest BCUT2D eigenvalue weighted by Gasteiger charge is 2.32. The molecular weight excluding hydrogens is 224 g/mol. The lowest BCUT2D eigenvalue weighted by atomic mass is 9.85. The Kier molecular flexibility index (Phi) is 3.97. The number of piperazine rings is 1. The summed E-state index contributed by atoms with van der Waals surface area (Å²) in [7, 11) is 0. The Labute approximate surface area is 110 Å². The van der Waals surface area contributed by atoms with Crippen LogP contribution in [0.2, 0.25) is 0 Å². The number of nitrogens with zero attached hydrogens (tertiary/aromatic N) is 3. The van der Waals surface area contributed by atoms with Crippen LogP contribution in [-0.2, 0) is 6.54 Å². The van der Waals surface area contributed by atoms with Gasteiger partial charge in [0.05, 0.1) is 5.69 Å². The van der Waals surface area contributed by atoms with Crippen molar-refractivity contribution < 1.29 is 0 Å². The fourth-order valence-corrected chi connectivity index (χ4v) is 2.34. The summed E-state index contributed by atoms with van der Waals surface area (Å²) in [6.45, 7) is 12.2. The highest BCUT2D eigenvalue weighted by Crippen LogP contribution is 2.24. The molecular formula is C14H24N4. The monoisotopic (exact) mass is 248 g/mol. The van der Waals surface area contributed by atoms with Crippen molar-refractivity contribution in [3.05, 3.63) is 24.3 Å². The standard InChI is InChI=1S/C14H24N4/c1-11-7-16-13(14(2,3)4)9-18(11)8-12-5-6-15-10-17-12/h5-6,10-11,13,16H,7-9H2,1-4H3. The zero-order chi connectivity index (χ0) is 13.2. The van der Waals surface area contributed by atoms with Crippen LogP contribution < -0.4 is 5.32 Å². The Morgan fingerprint density at radius 3 is 2.83 bits per heavy atom. The Hall–Kier alpha value is -1.00. The number of hydrogen-bond donors (Lipinski definition) is 1. The lowest BCUT2D eigenvalue weighted by Gasteiger charge is -2.43. The van der Waals surface area contributed by atoms with Crippen molar-refractivity contribution in [3.8, 4) is 0 Å². The van der Waals surface area contributed by atoms with Gasteiger partial charge in [-0.05, 0) is 18.4 Å². The van der Waals surface area contributed by atoms with Crippen molar-refractivity contribution in [1.29, 1.82) is 0 Å². The summed E-state index contributed by atoms with van der Waals surface area (Å²) in [5.74, 6) is 0. The summed E-state index contributed by atoms with van der Waals surface area (Å²) >= 11 is 0. The zero-order valence-electron chi connectivity index (χ0n) is 11.8. The first-order valence-corrected chi connectivity index (χ1v) is 6.69. The maximum atomic E-state index is 4.32. The van der Waals surface area contributed by atoms with Gasteiger partial charge in [-0.3, -0.25) is 4.90 Å². The van der Waals surface area contributed by atoms with E-state index >= 15 is 0 Å². The molecule has 0 amide bonds. The number of hydrogen-bond acceptors (Lipinski definition) is 4. The molecule has 2 unspecified atom stereocenters. The fraction of sp³-hybridized carbons (Fsp3) is 0.714. The molecule has 0 bridgehead atoms. The summed E-state index contributed by atoms with van der Waals surface area (Å²) in [5.41, 5.74) is 1.40. The number of aromatic nitrogens is 2. The topological polar surface area (TPSA) is 41.0 Å². The Bertz CT molecular complexity index is 371. The minimum absolute atomic E-state index is 0.296. The summed E-state index contributed by atoms with van der Waals surface area (Å²) in [4.78, 5) is 10.8. The van der Waals surface area contributed by atoms with Gasteiger partial charge in [-0.25, -0.2) is 9.97 Å². The van der Waals surface area contributed by atoms with E-state index in [-0.39, 0.29) is 0 Å². The van der Waals surface area contributed by atoms with Crippen molar-refractivity contribution >= 4 is 0 Å². The van der Waals surface area contributed by atoms with Gasteiger partial charge in [-0.2, -0.15) is 0 Å². The molecule has 100 valence electrons. The van der Waals surface area contributed by atoms with Gasteiger partial charge in [0.25, 0.3) is 0 Å². The third-order valence-electron chi connectivity index (χ3n) is 3.75. The molecule has 18 heavy (non-hydrogen) atoms. The second kappa shape index (κ2) is 5.33. The Balaban J connectivity index is 2.02. The molecule has 1 saturated heterocycles. The van der Waals surface area contributed by atoms with Crippen LogP contribution in [0, 0.1) is 5.41 Å². The molecule has 0 radical (unpaired) electrons. The van der Waals surface area contributed by atoms with E-state index in [1.165, 1.54) is 0 Å². The van der Waals surface area contributed by atoms with Crippen LogP contribution in [0.4, 0.5) is 0 Å². The lowest BCUT2D eigenvalue weighted by Crippen LogP contribution is -2.59. The first-order valence-electron chi connectivity index (χ1n) is 6.69. The van der Waals surface area contributed by atoms with Gasteiger partial charge in [0.1, 0.15) is 6.33 Å². The van der Waals surface area contributed by atoms with Gasteiger partial charge in [-0.1, -0.05) is 20.8 Å². The quantitative estimate of drug-likeness (QED) is 0.864. The minimum Gasteiger partial charge on any atom is -0.311 e. The smallest absolute Gasteiger partial charge is 0.115 e. The van der Waals surface area contributed by atoms with Gasteiger partial charge in [0.15, 0.2) is 0 Å². The zero-order valence-corrected chi connectivity index (χ0v) is 11.8. The summed E-state index contributed by atoms with van der Waals surface area (Å²) in [6.07, 6.45) is 3.44. The summed E-state index contributed by atoms with van der Waals surface area (Å²) < 4.78 is 0. The molecule has 4 heteroatoms. The van der Waals surface area contributed by atoms with Gasteiger partial charge in [0, 0.05) is 37.9 Å². The van der Waals surface area contributed by atoms with E-state index in [1.807, 2.05) is 12.3 Å². The molecule has 1 fully saturated rings. The second-order valence-electron chi connectivity index (χ2n) is 6.31. The van der Waals surface area contributed by atoms with Crippen LogP contribution in [0.5, 0.6) is 0 Å². The predicted octanol–water partition coefficient (Wildman–Crippen LogP) is 1.68. The van der Waals surface area contributed by atoms with E-state index in [0.29, 0.717) is 17.5 Å². The molecule has 0 saturated carbocycles. The fourth-order valence-electron chi connectivity index (χ4n) is 2.34. The van der Waals surface area contributed by atoms with Crippen molar-refractivity contribution in [1.82, 2.24) is 20.2 Å². The molecule has 1 aliphatic rings. The van der Waals surface area contributed by atoms with Gasteiger partial charge in [-0.15, -0.1) is 0 Å². The largest absolute Gasteiger partial charge is 0.311 e. The number of nitrogens with one attached hydrogen (secondary N) is 1. The molecule has 2 rings (SSSR count). The van der Waals surface area contributed by atoms with E-state index in [4.69, 9.17) is 0 Å². The minimum atomic E-state index is 0.296. The third kappa shape index (κ3) is 3.27. The van der Waals surface area contributed by atoms with Crippen LogP contribution in [0.3, 0.4) is 0 Å². The summed E-state index contributed by atoms with van der Waals surface area (Å²) in [5, 5.41) is 3.65. The second-order valence-corrected chi connectivity index (χ2v) is 6.31. The van der Waals surface area contributed by atoms with Crippen molar-refractivity contribution in [3.63, 3.8) is 0 Å². The number of rotatable bonds is 2. The maximum absolute atomic E-state index is 4.32. The lowest BCUT2D eigenvalue weighted by molar-refractivity contribution is 0.0866. The normalized spacial score (nSPS) is 26.2. The SMILES string of the molecule is CC1CNC(C(C)(C)C)CN1Cc1ccncn1. The molecule has 0 spiro atoms. The van der Waals surface area contributed by atoms with Gasteiger partial charge in [0.2, 0.25) is 0 Å². The first-order chi connectivity index (χ1) is 8.47. The van der Waals surface area contributed by atoms with E-state index in [1.54, 1.807) is 6.33 Å². The van der Waals surface area contributed by atoms with Crippen LogP contribution >= 0.6 is 0 Å². The van der Waals surface area contributed by atoms with Crippen molar-refractivity contribution in [2.75, 3.05) is 13.1 Å². The average molecular weight is 248 g/mol. The van der Waals surface area contributed by atoms with Crippen molar-refractivity contribution in [2.24, 2.45) is 5.41 Å². The molecule has 0 aliphatic carbocycles. The van der Waals surface area contributed by atoms with Gasteiger partial charge < -0.3 is 5.32 Å². The van der Waals surface area contributed by atoms with Gasteiger partial charge >= 0.3 is 0 Å². The van der Waals surface area contributed by atoms with Crippen LogP contribution in [0.1, 0.15) is 33.4 Å². The van der Waals surface area contributed by atoms with Crippen molar-refractivity contribution in [2.45, 2.75) is 46.3 Å². The van der Waals surface area contributed by atoms with E-state index in [9.17, 15) is 0 Å². The molecule has 2 atom stereocenters. The summed E-state index contributed by atoms with van der Waals surface area (Å²) in [6, 6.07) is 3.09. The van der Waals surface area contributed by atoms with E-state index in [0.717, 1.165) is 25.3 Å². The molecule has 4 nitrogen and oxygen atoms in total. The average Bonchev–Trinajstić information content (AvgIpc) is 2.32. The van der Waals surface area contributed by atoms with Crippen LogP contribution in [0.25, 0.3) is 0 Å². The molecule has 2 heterocycles. The predicted molar refractivity (Wildman–Crippen MR) is 73.1 cm³/mol. The van der Waals surface area contributed by atoms with Crippen LogP contribution in [-0.4, -0.2) is 40.0 Å². The highest BCUT2D eigenvalue weighted by molar-refractivity contribution is 5.00. The first kappa shape index (κ1) is 13.4. The van der Waals surface area contributed by atoms with E-state index in [2.05, 4.69) is 47.9 Å². The molecule has 1 aliphatic heterocycles.